The van der Waals surface area contributed by atoms with Crippen molar-refractivity contribution < 1.29 is 44.5 Å². The third kappa shape index (κ3) is 5.57. The van der Waals surface area contributed by atoms with Crippen LogP contribution in [-0.2, 0) is 26.1 Å². The van der Waals surface area contributed by atoms with E-state index < -0.39 is 54.8 Å². The first kappa shape index (κ1) is 32.8. The van der Waals surface area contributed by atoms with Crippen molar-refractivity contribution in [2.24, 2.45) is 29.7 Å². The highest BCUT2D eigenvalue weighted by molar-refractivity contribution is 5.96. The van der Waals surface area contributed by atoms with Crippen LogP contribution in [0.5, 0.6) is 0 Å². The molecule has 5 N–H and O–H groups in total. The summed E-state index contributed by atoms with van der Waals surface area (Å²) in [7, 11) is 1.94. The van der Waals surface area contributed by atoms with Gasteiger partial charge in [-0.05, 0) is 66.9 Å². The van der Waals surface area contributed by atoms with Gasteiger partial charge in [0.05, 0.1) is 42.3 Å². The molecule has 1 aromatic carbocycles. The van der Waals surface area contributed by atoms with Gasteiger partial charge in [-0.25, -0.2) is 9.78 Å². The highest BCUT2D eigenvalue weighted by Gasteiger charge is 2.59. The molecule has 1 aromatic heterocycles. The normalized spacial score (nSPS) is 39.2. The summed E-state index contributed by atoms with van der Waals surface area (Å²) < 4.78 is 19.4. The number of aryl methyl sites for hydroxylation is 1. The molecule has 11 heteroatoms. The molecule has 2 aliphatic heterocycles. The summed E-state index contributed by atoms with van der Waals surface area (Å²) in [6.45, 7) is 7.82. The number of cyclic esters (lactones) is 1. The molecule has 7 unspecified atom stereocenters. The summed E-state index contributed by atoms with van der Waals surface area (Å²) in [6.07, 6.45) is 4.41. The lowest BCUT2D eigenvalue weighted by Gasteiger charge is -2.60. The van der Waals surface area contributed by atoms with E-state index >= 15 is 0 Å². The molecule has 4 aliphatic rings. The summed E-state index contributed by atoms with van der Waals surface area (Å²) in [5.74, 6) is -0.0829. The molecule has 0 spiro atoms. The maximum atomic E-state index is 12.9. The molecule has 2 aliphatic carbocycles. The lowest BCUT2D eigenvalue weighted by molar-refractivity contribution is -0.329. The zero-order chi connectivity index (χ0) is 33.0. The predicted octanol–water partition coefficient (Wildman–Crippen LogP) is 2.52. The van der Waals surface area contributed by atoms with Crippen molar-refractivity contribution in [3.8, 4) is 0 Å². The van der Waals surface area contributed by atoms with Gasteiger partial charge in [0, 0.05) is 18.4 Å². The van der Waals surface area contributed by atoms with E-state index in [-0.39, 0.29) is 23.9 Å². The lowest BCUT2D eigenvalue weighted by Crippen LogP contribution is -2.63. The average molecular weight is 637 g/mol. The largest absolute Gasteiger partial charge is 0.423 e. The molecule has 1 saturated heterocycles. The van der Waals surface area contributed by atoms with E-state index in [9.17, 15) is 30.3 Å². The number of hydrogen-bond acceptors (Lipinski definition) is 10. The number of aliphatic hydroxyl groups is 5. The zero-order valence-corrected chi connectivity index (χ0v) is 26.5. The van der Waals surface area contributed by atoms with Crippen LogP contribution in [0.2, 0.25) is 0 Å². The minimum atomic E-state index is -1.55. The smallest absolute Gasteiger partial charge is 0.343 e. The van der Waals surface area contributed by atoms with Gasteiger partial charge in [-0.15, -0.1) is 0 Å². The second-order valence-corrected chi connectivity index (χ2v) is 13.8. The third-order valence-electron chi connectivity index (χ3n) is 10.9. The van der Waals surface area contributed by atoms with Gasteiger partial charge in [0.1, 0.15) is 30.2 Å². The molecular formula is C35H44N2O9. The molecular weight excluding hydrogens is 592 g/mol. The number of rotatable bonds is 7. The van der Waals surface area contributed by atoms with Gasteiger partial charge in [-0.1, -0.05) is 44.2 Å². The van der Waals surface area contributed by atoms with E-state index in [2.05, 4.69) is 18.5 Å². The first-order valence-electron chi connectivity index (χ1n) is 15.9. The number of benzene rings is 1. The molecule has 0 radical (unpaired) electrons. The van der Waals surface area contributed by atoms with Crippen molar-refractivity contribution in [2.75, 3.05) is 13.2 Å². The zero-order valence-electron chi connectivity index (χ0n) is 26.5. The summed E-state index contributed by atoms with van der Waals surface area (Å²) in [5.41, 5.74) is 3.16. The van der Waals surface area contributed by atoms with Gasteiger partial charge < -0.3 is 44.3 Å². The van der Waals surface area contributed by atoms with Gasteiger partial charge in [0.2, 0.25) is 0 Å². The fraction of sp³-hybridized carbons (Fsp3) is 0.543. The van der Waals surface area contributed by atoms with Crippen molar-refractivity contribution in [3.63, 3.8) is 0 Å². The molecule has 248 valence electrons. The van der Waals surface area contributed by atoms with E-state index in [1.165, 1.54) is 0 Å². The fourth-order valence-electron chi connectivity index (χ4n) is 8.24. The van der Waals surface area contributed by atoms with Crippen LogP contribution in [0.1, 0.15) is 45.1 Å². The minimum absolute atomic E-state index is 0.0183. The van der Waals surface area contributed by atoms with Gasteiger partial charge in [0.25, 0.3) is 0 Å². The quantitative estimate of drug-likeness (QED) is 0.173. The van der Waals surface area contributed by atoms with Gasteiger partial charge >= 0.3 is 5.97 Å². The lowest BCUT2D eigenvalue weighted by atomic mass is 9.46. The van der Waals surface area contributed by atoms with Crippen LogP contribution < -0.4 is 0 Å². The summed E-state index contributed by atoms with van der Waals surface area (Å²) in [4.78, 5) is 17.3. The predicted molar refractivity (Wildman–Crippen MR) is 169 cm³/mol. The number of allylic oxidation sites excluding steroid dienone is 3. The SMILES string of the molecule is C=C1CCC2[C@](C)(CC[C@@H](OC3OC(CO)C(O)C(O)C3O)[C@@]2(C)CO)C1/C=C/C1=CC(=C\c2ccc3c(c2)ncn3C)/OC1=O. The Balaban J connectivity index is 1.21. The number of ether oxygens (including phenoxy) is 3. The summed E-state index contributed by atoms with van der Waals surface area (Å²) >= 11 is 0. The molecule has 0 amide bonds. The average Bonchev–Trinajstić information content (AvgIpc) is 3.58. The molecule has 3 fully saturated rings. The monoisotopic (exact) mass is 636 g/mol. The van der Waals surface area contributed by atoms with Gasteiger partial charge in [-0.3, -0.25) is 0 Å². The van der Waals surface area contributed by atoms with E-state index in [0.29, 0.717) is 24.2 Å². The number of fused-ring (bicyclic) bond motifs is 2. The van der Waals surface area contributed by atoms with E-state index in [1.54, 1.807) is 18.5 Å². The summed E-state index contributed by atoms with van der Waals surface area (Å²) in [5, 5.41) is 51.5. The minimum Gasteiger partial charge on any atom is -0.423 e. The van der Waals surface area contributed by atoms with Crippen molar-refractivity contribution in [2.45, 2.75) is 76.3 Å². The molecule has 11 nitrogen and oxygen atoms in total. The van der Waals surface area contributed by atoms with Crippen LogP contribution in [0.3, 0.4) is 0 Å². The molecule has 2 aromatic rings. The van der Waals surface area contributed by atoms with Crippen LogP contribution >= 0.6 is 0 Å². The van der Waals surface area contributed by atoms with Crippen LogP contribution in [0.15, 0.2) is 66.2 Å². The topological polar surface area (TPSA) is 164 Å². The Bertz CT molecular complexity index is 1590. The van der Waals surface area contributed by atoms with Gasteiger partial charge in [-0.2, -0.15) is 0 Å². The molecule has 6 rings (SSSR count). The Morgan fingerprint density at radius 3 is 2.67 bits per heavy atom. The maximum Gasteiger partial charge on any atom is 0.343 e. The second kappa shape index (κ2) is 12.5. The molecule has 2 saturated carbocycles. The van der Waals surface area contributed by atoms with Crippen molar-refractivity contribution in [1.82, 2.24) is 9.55 Å². The number of nitrogens with zero attached hydrogens (tertiary/aromatic N) is 2. The summed E-state index contributed by atoms with van der Waals surface area (Å²) in [6, 6.07) is 5.88. The van der Waals surface area contributed by atoms with Crippen LogP contribution in [0, 0.1) is 22.7 Å². The first-order valence-corrected chi connectivity index (χ1v) is 15.9. The Hall–Kier alpha value is -3.16. The van der Waals surface area contributed by atoms with Crippen molar-refractivity contribution >= 4 is 23.1 Å². The Kier molecular flexibility index (Phi) is 8.88. The molecule has 46 heavy (non-hydrogen) atoms. The Morgan fingerprint density at radius 1 is 1.15 bits per heavy atom. The van der Waals surface area contributed by atoms with Crippen LogP contribution in [0.25, 0.3) is 17.1 Å². The van der Waals surface area contributed by atoms with Crippen molar-refractivity contribution in [3.05, 3.63) is 71.8 Å². The van der Waals surface area contributed by atoms with Crippen molar-refractivity contribution in [1.29, 1.82) is 0 Å². The highest BCUT2D eigenvalue weighted by Crippen LogP contribution is 2.62. The van der Waals surface area contributed by atoms with E-state index in [0.717, 1.165) is 35.0 Å². The van der Waals surface area contributed by atoms with E-state index in [1.807, 2.05) is 48.9 Å². The van der Waals surface area contributed by atoms with E-state index in [4.69, 9.17) is 14.2 Å². The number of hydrogen-bond donors (Lipinski definition) is 5. The van der Waals surface area contributed by atoms with Gasteiger partial charge in [0.15, 0.2) is 6.29 Å². The number of imidazole rings is 1. The number of aliphatic hydroxyl groups excluding tert-OH is 5. The molecule has 3 heterocycles. The number of carbonyl (C=O) groups is 1. The van der Waals surface area contributed by atoms with Crippen LogP contribution in [-0.4, -0.2) is 91.1 Å². The number of aromatic nitrogens is 2. The molecule has 0 bridgehead atoms. The fourth-order valence-corrected chi connectivity index (χ4v) is 8.24. The number of esters is 1. The first-order chi connectivity index (χ1) is 21.9. The van der Waals surface area contributed by atoms with Crippen LogP contribution in [0.4, 0.5) is 0 Å². The molecule has 10 atom stereocenters. The standard InChI is InChI=1S/C35H44N2O9/c1-19-5-10-27-34(2,12-11-28(35(27,3)17-39)46-33-31(42)30(41)29(40)26(16-38)45-33)23(19)8-7-21-15-22(44-32(21)43)13-20-6-9-25-24(14-20)36-18-37(25)4/h6-9,13-15,18,23,26-31,33,38-42H,1,5,10-12,16-17H2,2-4H3/b8-7+,22-13+/t23?,26?,27?,28-,29?,30?,31?,33?,34-,35+/m1/s1. The Labute approximate surface area is 268 Å². The highest BCUT2D eigenvalue weighted by atomic mass is 16.7. The second-order valence-electron chi connectivity index (χ2n) is 13.8. The number of carbonyl (C=O) groups excluding carboxylic acids is 1. The maximum absolute atomic E-state index is 12.9. The Morgan fingerprint density at radius 2 is 1.93 bits per heavy atom. The third-order valence-corrected chi connectivity index (χ3v) is 10.9.